The fourth-order valence-corrected chi connectivity index (χ4v) is 3.72. The van der Waals surface area contributed by atoms with E-state index in [1.165, 1.54) is 19.1 Å². The smallest absolute Gasteiger partial charge is 0.244 e. The highest BCUT2D eigenvalue weighted by atomic mass is 32.2. The molecule has 8 nitrogen and oxygen atoms in total. The van der Waals surface area contributed by atoms with Gasteiger partial charge in [-0.15, -0.1) is 0 Å². The first-order chi connectivity index (χ1) is 13.3. The van der Waals surface area contributed by atoms with Gasteiger partial charge in [-0.3, -0.25) is 9.89 Å². The van der Waals surface area contributed by atoms with Gasteiger partial charge in [-0.1, -0.05) is 12.1 Å². The van der Waals surface area contributed by atoms with Crippen LogP contribution in [0.25, 0.3) is 11.4 Å². The molecule has 0 radical (unpaired) electrons. The van der Waals surface area contributed by atoms with Crippen molar-refractivity contribution in [3.05, 3.63) is 60.2 Å². The second-order valence-corrected chi connectivity index (χ2v) is 7.77. The molecule has 1 aromatic heterocycles. The third-order valence-electron chi connectivity index (χ3n) is 3.86. The lowest BCUT2D eigenvalue weighted by Gasteiger charge is -2.15. The average Bonchev–Trinajstić information content (AvgIpc) is 3.08. The van der Waals surface area contributed by atoms with Gasteiger partial charge in [-0.05, 0) is 50.2 Å². The van der Waals surface area contributed by atoms with Crippen LogP contribution in [0, 0.1) is 12.7 Å². The van der Waals surface area contributed by atoms with Crippen molar-refractivity contribution in [2.24, 2.45) is 0 Å². The molecular weight excluding hydrogens is 385 g/mol. The van der Waals surface area contributed by atoms with Crippen molar-refractivity contribution in [3.63, 3.8) is 0 Å². The maximum absolute atomic E-state index is 13.7. The number of halogens is 1. The molecule has 0 spiro atoms. The number of aromatic nitrogens is 3. The predicted octanol–water partition coefficient (Wildman–Crippen LogP) is 2.22. The van der Waals surface area contributed by atoms with Crippen molar-refractivity contribution in [1.29, 1.82) is 0 Å². The lowest BCUT2D eigenvalue weighted by atomic mass is 10.2. The first kappa shape index (κ1) is 19.6. The van der Waals surface area contributed by atoms with Gasteiger partial charge in [0.05, 0.1) is 6.04 Å². The van der Waals surface area contributed by atoms with Gasteiger partial charge >= 0.3 is 0 Å². The number of anilines is 1. The molecule has 0 bridgehead atoms. The molecule has 1 atom stereocenters. The molecule has 28 heavy (non-hydrogen) atoms. The summed E-state index contributed by atoms with van der Waals surface area (Å²) in [5.41, 5.74) is 1.23. The van der Waals surface area contributed by atoms with Crippen molar-refractivity contribution in [1.82, 2.24) is 19.9 Å². The van der Waals surface area contributed by atoms with Gasteiger partial charge in [0, 0.05) is 11.3 Å². The van der Waals surface area contributed by atoms with E-state index in [1.54, 1.807) is 31.2 Å². The molecule has 0 saturated heterocycles. The van der Waals surface area contributed by atoms with E-state index in [0.717, 1.165) is 17.7 Å². The van der Waals surface area contributed by atoms with Crippen LogP contribution in [0.1, 0.15) is 12.7 Å². The molecule has 2 aromatic carbocycles. The zero-order valence-electron chi connectivity index (χ0n) is 15.1. The Morgan fingerprint density at radius 2 is 1.82 bits per heavy atom. The summed E-state index contributed by atoms with van der Waals surface area (Å²) in [6.07, 6.45) is 0. The van der Waals surface area contributed by atoms with Crippen LogP contribution in [0.2, 0.25) is 0 Å². The number of amides is 1. The average molecular weight is 403 g/mol. The number of hydrogen-bond donors (Lipinski definition) is 3. The fourth-order valence-electron chi connectivity index (χ4n) is 2.44. The summed E-state index contributed by atoms with van der Waals surface area (Å²) in [6, 6.07) is 10.6. The minimum absolute atomic E-state index is 0.470. The number of sulfonamides is 1. The first-order valence-corrected chi connectivity index (χ1v) is 9.82. The van der Waals surface area contributed by atoms with Crippen molar-refractivity contribution in [2.75, 3.05) is 5.32 Å². The van der Waals surface area contributed by atoms with E-state index in [1.807, 2.05) is 0 Å². The standard InChI is InChI=1S/C18H18FN5O3S/c1-11(24-28(26,27)16-6-4-3-5-15(16)19)18(25)21-14-9-7-13(8-10-14)17-20-12(2)22-23-17/h3-11,24H,1-2H3,(H,21,25)(H,20,22,23)/t11-/m0/s1. The van der Waals surface area contributed by atoms with Crippen LogP contribution >= 0.6 is 0 Å². The van der Waals surface area contributed by atoms with Crippen LogP contribution in [0.5, 0.6) is 0 Å². The Kier molecular flexibility index (Phi) is 5.52. The van der Waals surface area contributed by atoms with Crippen molar-refractivity contribution in [2.45, 2.75) is 24.8 Å². The summed E-state index contributed by atoms with van der Waals surface area (Å²) in [5, 5.41) is 9.40. The molecule has 0 saturated carbocycles. The Hall–Kier alpha value is -3.11. The predicted molar refractivity (Wildman–Crippen MR) is 101 cm³/mol. The minimum atomic E-state index is -4.17. The third kappa shape index (κ3) is 4.41. The number of H-pyrrole nitrogens is 1. The van der Waals surface area contributed by atoms with E-state index in [2.05, 4.69) is 25.2 Å². The molecule has 0 aliphatic rings. The molecule has 146 valence electrons. The van der Waals surface area contributed by atoms with Crippen LogP contribution < -0.4 is 10.0 Å². The largest absolute Gasteiger partial charge is 0.325 e. The van der Waals surface area contributed by atoms with E-state index in [-0.39, 0.29) is 0 Å². The van der Waals surface area contributed by atoms with E-state index in [0.29, 0.717) is 17.3 Å². The Labute approximate surface area is 161 Å². The number of hydrogen-bond acceptors (Lipinski definition) is 5. The molecular formula is C18H18FN5O3S. The Balaban J connectivity index is 1.66. The highest BCUT2D eigenvalue weighted by Gasteiger charge is 2.24. The van der Waals surface area contributed by atoms with E-state index < -0.39 is 32.7 Å². The Bertz CT molecular complexity index is 1100. The summed E-state index contributed by atoms with van der Waals surface area (Å²) in [6.45, 7) is 3.16. The second kappa shape index (κ2) is 7.87. The summed E-state index contributed by atoms with van der Waals surface area (Å²) < 4.78 is 40.5. The summed E-state index contributed by atoms with van der Waals surface area (Å²) in [4.78, 5) is 16.0. The highest BCUT2D eigenvalue weighted by molar-refractivity contribution is 7.89. The molecule has 3 N–H and O–H groups in total. The monoisotopic (exact) mass is 403 g/mol. The zero-order valence-corrected chi connectivity index (χ0v) is 15.9. The number of rotatable bonds is 6. The van der Waals surface area contributed by atoms with E-state index >= 15 is 0 Å². The van der Waals surface area contributed by atoms with E-state index in [9.17, 15) is 17.6 Å². The molecule has 3 aromatic rings. The number of carbonyl (C=O) groups is 1. The number of nitrogens with zero attached hydrogens (tertiary/aromatic N) is 2. The van der Waals surface area contributed by atoms with Gasteiger partial charge in [0.2, 0.25) is 15.9 Å². The maximum Gasteiger partial charge on any atom is 0.244 e. The van der Waals surface area contributed by atoms with Crippen LogP contribution in [0.4, 0.5) is 10.1 Å². The molecule has 3 rings (SSSR count). The highest BCUT2D eigenvalue weighted by Crippen LogP contribution is 2.18. The number of aromatic amines is 1. The molecule has 0 aliphatic heterocycles. The van der Waals surface area contributed by atoms with E-state index in [4.69, 9.17) is 0 Å². The van der Waals surface area contributed by atoms with Gasteiger partial charge in [-0.2, -0.15) is 9.82 Å². The summed E-state index contributed by atoms with van der Waals surface area (Å²) in [5.74, 6) is -0.258. The van der Waals surface area contributed by atoms with Crippen LogP contribution in [-0.4, -0.2) is 35.5 Å². The second-order valence-electron chi connectivity index (χ2n) is 6.08. The first-order valence-electron chi connectivity index (χ1n) is 8.33. The Morgan fingerprint density at radius 3 is 2.43 bits per heavy atom. The number of nitrogens with one attached hydrogen (secondary N) is 3. The molecule has 0 fully saturated rings. The molecule has 1 amide bonds. The SMILES string of the molecule is Cc1nc(-c2ccc(NC(=O)[C@H](C)NS(=O)(=O)c3ccccc3F)cc2)n[nH]1. The van der Waals surface area contributed by atoms with Crippen LogP contribution in [-0.2, 0) is 14.8 Å². The summed E-state index contributed by atoms with van der Waals surface area (Å²) in [7, 11) is -4.17. The fraction of sp³-hybridized carbons (Fsp3) is 0.167. The molecule has 10 heteroatoms. The van der Waals surface area contributed by atoms with Crippen molar-refractivity contribution in [3.8, 4) is 11.4 Å². The molecule has 0 unspecified atom stereocenters. The van der Waals surface area contributed by atoms with Gasteiger partial charge in [0.25, 0.3) is 0 Å². The quantitative estimate of drug-likeness (QED) is 0.583. The van der Waals surface area contributed by atoms with Gasteiger partial charge in [-0.25, -0.2) is 17.8 Å². The van der Waals surface area contributed by atoms with Crippen LogP contribution in [0.15, 0.2) is 53.4 Å². The topological polar surface area (TPSA) is 117 Å². The lowest BCUT2D eigenvalue weighted by Crippen LogP contribution is -2.41. The zero-order chi connectivity index (χ0) is 20.3. The number of aryl methyl sites for hydroxylation is 1. The normalized spacial score (nSPS) is 12.5. The molecule has 1 heterocycles. The Morgan fingerprint density at radius 1 is 1.14 bits per heavy atom. The van der Waals surface area contributed by atoms with Gasteiger partial charge in [0.15, 0.2) is 5.82 Å². The van der Waals surface area contributed by atoms with Gasteiger partial charge in [0.1, 0.15) is 16.5 Å². The lowest BCUT2D eigenvalue weighted by molar-refractivity contribution is -0.117. The van der Waals surface area contributed by atoms with Crippen LogP contribution in [0.3, 0.4) is 0 Å². The third-order valence-corrected chi connectivity index (χ3v) is 5.43. The van der Waals surface area contributed by atoms with Crippen molar-refractivity contribution >= 4 is 21.6 Å². The van der Waals surface area contributed by atoms with Crippen molar-refractivity contribution < 1.29 is 17.6 Å². The summed E-state index contributed by atoms with van der Waals surface area (Å²) >= 11 is 0. The number of carbonyl (C=O) groups excluding carboxylic acids is 1. The van der Waals surface area contributed by atoms with Gasteiger partial charge < -0.3 is 5.32 Å². The minimum Gasteiger partial charge on any atom is -0.325 e. The maximum atomic E-state index is 13.7. The molecule has 0 aliphatic carbocycles. The number of benzene rings is 2.